The summed E-state index contributed by atoms with van der Waals surface area (Å²) < 4.78 is 13.4. The van der Waals surface area contributed by atoms with Gasteiger partial charge in [0, 0.05) is 21.7 Å². The molecule has 2 heterocycles. The molecular formula is C28H29NO3S. The smallest absolute Gasteiger partial charge is 0.124 e. The van der Waals surface area contributed by atoms with E-state index in [9.17, 15) is 5.11 Å². The summed E-state index contributed by atoms with van der Waals surface area (Å²) in [5.41, 5.74) is 3.36. The number of phenolic OH excluding ortho intramolecular Hbond substituents is 1. The maximum absolute atomic E-state index is 9.81. The molecule has 0 unspecified atom stereocenters. The SMILES string of the molecule is Oc1ccc2cc(-c3ccc(OCCN4CCCC4)c(COCc4ccccc4)c3)sc2c1. The van der Waals surface area contributed by atoms with E-state index >= 15 is 0 Å². The number of phenols is 1. The fourth-order valence-corrected chi connectivity index (χ4v) is 5.38. The van der Waals surface area contributed by atoms with Gasteiger partial charge in [-0.1, -0.05) is 30.3 Å². The highest BCUT2D eigenvalue weighted by Gasteiger charge is 2.13. The van der Waals surface area contributed by atoms with Gasteiger partial charge in [-0.25, -0.2) is 0 Å². The van der Waals surface area contributed by atoms with Gasteiger partial charge in [-0.15, -0.1) is 11.3 Å². The molecule has 3 aromatic carbocycles. The number of fused-ring (bicyclic) bond motifs is 1. The molecule has 1 aromatic heterocycles. The number of rotatable bonds is 9. The molecule has 1 N–H and O–H groups in total. The number of hydrogen-bond donors (Lipinski definition) is 1. The molecule has 0 radical (unpaired) electrons. The van der Waals surface area contributed by atoms with E-state index in [1.54, 1.807) is 17.4 Å². The fraction of sp³-hybridized carbons (Fsp3) is 0.286. The van der Waals surface area contributed by atoms with Gasteiger partial charge in [0.05, 0.1) is 13.2 Å². The molecule has 1 fully saturated rings. The van der Waals surface area contributed by atoms with E-state index in [2.05, 4.69) is 41.3 Å². The number of ether oxygens (including phenoxy) is 2. The first-order chi connectivity index (χ1) is 16.2. The Labute approximate surface area is 199 Å². The van der Waals surface area contributed by atoms with Crippen LogP contribution in [0.4, 0.5) is 0 Å². The Morgan fingerprint density at radius 2 is 1.73 bits per heavy atom. The van der Waals surface area contributed by atoms with Crippen LogP contribution in [0.15, 0.2) is 72.8 Å². The molecule has 0 saturated carbocycles. The van der Waals surface area contributed by atoms with Crippen LogP contribution in [0.2, 0.25) is 0 Å². The highest BCUT2D eigenvalue weighted by atomic mass is 32.1. The molecule has 4 nitrogen and oxygen atoms in total. The van der Waals surface area contributed by atoms with Crippen LogP contribution in [0.25, 0.3) is 20.5 Å². The summed E-state index contributed by atoms with van der Waals surface area (Å²) in [5.74, 6) is 1.19. The van der Waals surface area contributed by atoms with E-state index < -0.39 is 0 Å². The predicted octanol–water partition coefficient (Wildman–Crippen LogP) is 6.47. The molecule has 33 heavy (non-hydrogen) atoms. The first-order valence-electron chi connectivity index (χ1n) is 11.6. The number of thiophene rings is 1. The highest BCUT2D eigenvalue weighted by Crippen LogP contribution is 2.37. The van der Waals surface area contributed by atoms with Gasteiger partial charge in [0.1, 0.15) is 18.1 Å². The molecule has 0 atom stereocenters. The summed E-state index contributed by atoms with van der Waals surface area (Å²) in [7, 11) is 0. The summed E-state index contributed by atoms with van der Waals surface area (Å²) >= 11 is 1.69. The molecule has 1 aliphatic rings. The molecule has 0 bridgehead atoms. The van der Waals surface area contributed by atoms with Crippen molar-refractivity contribution in [3.63, 3.8) is 0 Å². The zero-order valence-corrected chi connectivity index (χ0v) is 19.5. The van der Waals surface area contributed by atoms with Crippen LogP contribution in [-0.2, 0) is 18.0 Å². The molecule has 5 heteroatoms. The highest BCUT2D eigenvalue weighted by molar-refractivity contribution is 7.22. The van der Waals surface area contributed by atoms with Gasteiger partial charge in [0.2, 0.25) is 0 Å². The standard InChI is InChI=1S/C28H29NO3S/c30-25-10-8-23-17-27(33-28(23)18-25)22-9-11-26(32-15-14-29-12-4-5-13-29)24(16-22)20-31-19-21-6-2-1-3-7-21/h1-3,6-11,16-18,30H,4-5,12-15,19-20H2. The lowest BCUT2D eigenvalue weighted by molar-refractivity contribution is 0.104. The first kappa shape index (κ1) is 22.0. The Hall–Kier alpha value is -2.86. The van der Waals surface area contributed by atoms with E-state index in [0.29, 0.717) is 25.6 Å². The van der Waals surface area contributed by atoms with Crippen LogP contribution < -0.4 is 4.74 Å². The Balaban J connectivity index is 1.34. The second kappa shape index (κ2) is 10.4. The Morgan fingerprint density at radius 3 is 2.58 bits per heavy atom. The molecule has 1 saturated heterocycles. The van der Waals surface area contributed by atoms with Gasteiger partial charge >= 0.3 is 0 Å². The van der Waals surface area contributed by atoms with Crippen LogP contribution in [0.3, 0.4) is 0 Å². The summed E-state index contributed by atoms with van der Waals surface area (Å²) in [5, 5.41) is 11.0. The van der Waals surface area contributed by atoms with Gasteiger partial charge in [0.15, 0.2) is 0 Å². The third-order valence-electron chi connectivity index (χ3n) is 6.08. The normalized spacial score (nSPS) is 14.2. The van der Waals surface area contributed by atoms with E-state index in [4.69, 9.17) is 9.47 Å². The largest absolute Gasteiger partial charge is 0.508 e. The molecule has 4 aromatic rings. The number of aromatic hydroxyl groups is 1. The zero-order valence-electron chi connectivity index (χ0n) is 18.7. The van der Waals surface area contributed by atoms with Crippen molar-refractivity contribution in [3.05, 3.63) is 83.9 Å². The van der Waals surface area contributed by atoms with E-state index in [-0.39, 0.29) is 0 Å². The van der Waals surface area contributed by atoms with Crippen molar-refractivity contribution in [2.24, 2.45) is 0 Å². The lowest BCUT2D eigenvalue weighted by atomic mass is 10.1. The molecule has 0 spiro atoms. The summed E-state index contributed by atoms with van der Waals surface area (Å²) in [6, 6.07) is 24.3. The van der Waals surface area contributed by atoms with Gasteiger partial charge < -0.3 is 14.6 Å². The maximum atomic E-state index is 9.81. The lowest BCUT2D eigenvalue weighted by Gasteiger charge is -2.17. The van der Waals surface area contributed by atoms with Crippen molar-refractivity contribution in [1.29, 1.82) is 0 Å². The van der Waals surface area contributed by atoms with Crippen molar-refractivity contribution in [1.82, 2.24) is 4.90 Å². The van der Waals surface area contributed by atoms with Gasteiger partial charge in [-0.3, -0.25) is 4.90 Å². The van der Waals surface area contributed by atoms with Crippen molar-refractivity contribution in [2.75, 3.05) is 26.2 Å². The van der Waals surface area contributed by atoms with Crippen molar-refractivity contribution in [2.45, 2.75) is 26.1 Å². The minimum atomic E-state index is 0.299. The molecule has 1 aliphatic heterocycles. The van der Waals surface area contributed by atoms with Gasteiger partial charge in [-0.05, 0) is 84.9 Å². The molecule has 0 amide bonds. The van der Waals surface area contributed by atoms with Crippen LogP contribution in [-0.4, -0.2) is 36.2 Å². The van der Waals surface area contributed by atoms with E-state index in [1.807, 2.05) is 30.3 Å². The summed E-state index contributed by atoms with van der Waals surface area (Å²) in [6.45, 7) is 5.07. The third-order valence-corrected chi connectivity index (χ3v) is 7.23. The van der Waals surface area contributed by atoms with Crippen LogP contribution in [0.1, 0.15) is 24.0 Å². The number of benzene rings is 3. The summed E-state index contributed by atoms with van der Waals surface area (Å²) in [4.78, 5) is 3.63. The Morgan fingerprint density at radius 1 is 0.879 bits per heavy atom. The second-order valence-electron chi connectivity index (χ2n) is 8.53. The number of hydrogen-bond acceptors (Lipinski definition) is 5. The minimum absolute atomic E-state index is 0.299. The van der Waals surface area contributed by atoms with Crippen LogP contribution in [0, 0.1) is 0 Å². The molecule has 0 aliphatic carbocycles. The average molecular weight is 460 g/mol. The molecule has 5 rings (SSSR count). The van der Waals surface area contributed by atoms with E-state index in [0.717, 1.165) is 39.1 Å². The fourth-order valence-electron chi connectivity index (χ4n) is 4.29. The lowest BCUT2D eigenvalue weighted by Crippen LogP contribution is -2.25. The average Bonchev–Trinajstić information content (AvgIpc) is 3.50. The minimum Gasteiger partial charge on any atom is -0.508 e. The van der Waals surface area contributed by atoms with Gasteiger partial charge in [-0.2, -0.15) is 0 Å². The van der Waals surface area contributed by atoms with Crippen LogP contribution in [0.5, 0.6) is 11.5 Å². The molecule has 170 valence electrons. The van der Waals surface area contributed by atoms with Crippen LogP contribution >= 0.6 is 11.3 Å². The Bertz CT molecular complexity index is 1200. The topological polar surface area (TPSA) is 41.9 Å². The number of likely N-dealkylation sites (tertiary alicyclic amines) is 1. The molecular weight excluding hydrogens is 430 g/mol. The third kappa shape index (κ3) is 5.56. The predicted molar refractivity (Wildman–Crippen MR) is 135 cm³/mol. The van der Waals surface area contributed by atoms with Gasteiger partial charge in [0.25, 0.3) is 0 Å². The van der Waals surface area contributed by atoms with E-state index in [1.165, 1.54) is 30.8 Å². The van der Waals surface area contributed by atoms with Crippen molar-refractivity contribution < 1.29 is 14.6 Å². The Kier molecular flexibility index (Phi) is 6.91. The quantitative estimate of drug-likeness (QED) is 0.312. The number of nitrogens with zero attached hydrogens (tertiary/aromatic N) is 1. The summed E-state index contributed by atoms with van der Waals surface area (Å²) in [6.07, 6.45) is 2.58. The first-order valence-corrected chi connectivity index (χ1v) is 12.4. The second-order valence-corrected chi connectivity index (χ2v) is 9.61. The zero-order chi connectivity index (χ0) is 22.5. The van der Waals surface area contributed by atoms with Crippen molar-refractivity contribution in [3.8, 4) is 21.9 Å². The monoisotopic (exact) mass is 459 g/mol. The maximum Gasteiger partial charge on any atom is 0.124 e. The van der Waals surface area contributed by atoms with Crippen molar-refractivity contribution >= 4 is 21.4 Å².